The van der Waals surface area contributed by atoms with Gasteiger partial charge in [-0.3, -0.25) is 0 Å². The van der Waals surface area contributed by atoms with E-state index in [-0.39, 0.29) is 44.9 Å². The maximum absolute atomic E-state index is 13.8. The van der Waals surface area contributed by atoms with E-state index >= 15 is 0 Å². The quantitative estimate of drug-likeness (QED) is 0.281. The van der Waals surface area contributed by atoms with E-state index in [4.69, 9.17) is 4.42 Å². The fourth-order valence-corrected chi connectivity index (χ4v) is 6.42. The third-order valence-electron chi connectivity index (χ3n) is 5.10. The third kappa shape index (κ3) is 4.22. The van der Waals surface area contributed by atoms with Crippen LogP contribution in [-0.4, -0.2) is 34.8 Å². The number of hydrogen-bond donors (Lipinski definition) is 0. The van der Waals surface area contributed by atoms with Crippen molar-refractivity contribution in [1.29, 1.82) is 0 Å². The molecule has 0 aliphatic carbocycles. The number of hydrogen-bond acceptors (Lipinski definition) is 9. The first-order chi connectivity index (χ1) is 16.3. The van der Waals surface area contributed by atoms with Crippen LogP contribution in [0.5, 0.6) is 0 Å². The first-order valence-corrected chi connectivity index (χ1v) is 13.6. The lowest BCUT2D eigenvalue weighted by molar-refractivity contribution is 0.516. The molecule has 0 aliphatic heterocycles. The number of nitrogens with zero attached hydrogens (tertiary/aromatic N) is 4. The van der Waals surface area contributed by atoms with Gasteiger partial charge >= 0.3 is 0 Å². The maximum atomic E-state index is 13.8. The summed E-state index contributed by atoms with van der Waals surface area (Å²) >= 11 is 2.73. The highest BCUT2D eigenvalue weighted by molar-refractivity contribution is 8.00. The van der Waals surface area contributed by atoms with E-state index in [1.165, 1.54) is 41.4 Å². The second-order valence-electron chi connectivity index (χ2n) is 7.46. The lowest BCUT2D eigenvalue weighted by Gasteiger charge is -2.09. The largest absolute Gasteiger partial charge is 0.420 e. The van der Waals surface area contributed by atoms with Gasteiger partial charge < -0.3 is 4.42 Å². The minimum Gasteiger partial charge on any atom is -0.420 e. The first-order valence-electron chi connectivity index (χ1n) is 10.1. The summed E-state index contributed by atoms with van der Waals surface area (Å²) in [7, 11) is -3.98. The highest BCUT2D eigenvalue weighted by Crippen LogP contribution is 2.38. The Morgan fingerprint density at radius 1 is 1.06 bits per heavy atom. The molecule has 172 valence electrons. The number of benzene rings is 2. The molecule has 0 fully saturated rings. The van der Waals surface area contributed by atoms with Gasteiger partial charge in [0.2, 0.25) is 15.7 Å². The van der Waals surface area contributed by atoms with Crippen molar-refractivity contribution in [3.63, 3.8) is 0 Å². The first kappa shape index (κ1) is 22.6. The zero-order valence-electron chi connectivity index (χ0n) is 18.0. The van der Waals surface area contributed by atoms with Gasteiger partial charge in [0.1, 0.15) is 21.1 Å². The Hall–Kier alpha value is -3.15. The van der Waals surface area contributed by atoms with Crippen LogP contribution in [0.1, 0.15) is 17.0 Å². The molecule has 5 aromatic rings. The van der Waals surface area contributed by atoms with Gasteiger partial charge in [-0.2, -0.15) is 0 Å². The zero-order valence-corrected chi connectivity index (χ0v) is 20.5. The molecule has 0 saturated carbocycles. The van der Waals surface area contributed by atoms with E-state index in [2.05, 4.69) is 20.2 Å². The van der Waals surface area contributed by atoms with Crippen molar-refractivity contribution in [1.82, 2.24) is 20.2 Å². The third-order valence-corrected chi connectivity index (χ3v) is 8.89. The summed E-state index contributed by atoms with van der Waals surface area (Å²) in [5, 5.41) is 8.16. The van der Waals surface area contributed by atoms with Crippen molar-refractivity contribution >= 4 is 43.3 Å². The van der Waals surface area contributed by atoms with Crippen LogP contribution in [0.4, 0.5) is 4.39 Å². The van der Waals surface area contributed by atoms with E-state index in [9.17, 15) is 12.8 Å². The lowest BCUT2D eigenvalue weighted by Crippen LogP contribution is -2.06. The minimum absolute atomic E-state index is 0.0186. The van der Waals surface area contributed by atoms with E-state index in [0.717, 1.165) is 11.1 Å². The van der Waals surface area contributed by atoms with Crippen LogP contribution in [-0.2, 0) is 16.3 Å². The van der Waals surface area contributed by atoms with Gasteiger partial charge in [0.25, 0.3) is 5.89 Å². The van der Waals surface area contributed by atoms with Crippen LogP contribution in [0.25, 0.3) is 21.8 Å². The Morgan fingerprint density at radius 3 is 2.50 bits per heavy atom. The molecule has 0 unspecified atom stereocenters. The molecule has 0 spiro atoms. The van der Waals surface area contributed by atoms with Gasteiger partial charge in [-0.1, -0.05) is 52.9 Å². The topological polar surface area (TPSA) is 98.8 Å². The predicted octanol–water partition coefficient (Wildman–Crippen LogP) is 5.33. The Bertz CT molecular complexity index is 1600. The molecule has 0 N–H and O–H groups in total. The van der Waals surface area contributed by atoms with Crippen molar-refractivity contribution in [2.24, 2.45) is 0 Å². The normalized spacial score (nSPS) is 11.9. The number of halogens is 1. The molecule has 3 aromatic heterocycles. The summed E-state index contributed by atoms with van der Waals surface area (Å²) < 4.78 is 47.3. The van der Waals surface area contributed by atoms with Crippen molar-refractivity contribution in [3.05, 3.63) is 77.6 Å². The van der Waals surface area contributed by atoms with Gasteiger partial charge in [0.05, 0.1) is 16.9 Å². The highest BCUT2D eigenvalue weighted by atomic mass is 32.2. The fraction of sp³-hybridized carbons (Fsp3) is 0.130. The van der Waals surface area contributed by atoms with Crippen LogP contribution < -0.4 is 0 Å². The van der Waals surface area contributed by atoms with Gasteiger partial charge in [0.15, 0.2) is 4.34 Å². The smallest absolute Gasteiger partial charge is 0.250 e. The van der Waals surface area contributed by atoms with Gasteiger partial charge in [-0.15, -0.1) is 10.2 Å². The number of fused-ring (bicyclic) bond motifs is 1. The van der Waals surface area contributed by atoms with Crippen molar-refractivity contribution < 1.29 is 17.2 Å². The summed E-state index contributed by atoms with van der Waals surface area (Å²) in [5.74, 6) is -0.0486. The van der Waals surface area contributed by atoms with Gasteiger partial charge in [-0.05, 0) is 43.0 Å². The number of thioether (sulfide) groups is 1. The van der Waals surface area contributed by atoms with Crippen molar-refractivity contribution in [2.45, 2.75) is 27.5 Å². The monoisotopic (exact) mass is 512 g/mol. The molecule has 0 aliphatic rings. The molecule has 0 radical (unpaired) electrons. The molecule has 0 saturated heterocycles. The molecule has 7 nitrogen and oxygen atoms in total. The SMILES string of the molecule is CSc1nc2c(S(=O)(=O)c3ccc(C)cc3)c(-c3nnc(Cc4ccc(F)cc4)o3)cnc2s1. The molecule has 5 rings (SSSR count). The Balaban J connectivity index is 1.65. The second kappa shape index (κ2) is 8.90. The Kier molecular flexibility index (Phi) is 5.92. The summed E-state index contributed by atoms with van der Waals surface area (Å²) in [6.07, 6.45) is 3.57. The Morgan fingerprint density at radius 2 is 1.79 bits per heavy atom. The minimum atomic E-state index is -3.98. The molecular formula is C23H17FN4O3S3. The average molecular weight is 513 g/mol. The van der Waals surface area contributed by atoms with Crippen LogP contribution in [0, 0.1) is 12.7 Å². The molecule has 0 amide bonds. The molecule has 0 atom stereocenters. The van der Waals surface area contributed by atoms with Crippen LogP contribution >= 0.6 is 23.1 Å². The number of thiazole rings is 1. The van der Waals surface area contributed by atoms with E-state index in [1.54, 1.807) is 36.4 Å². The zero-order chi connectivity index (χ0) is 23.9. The summed E-state index contributed by atoms with van der Waals surface area (Å²) in [6.45, 7) is 1.89. The van der Waals surface area contributed by atoms with Crippen molar-refractivity contribution in [2.75, 3.05) is 6.26 Å². The molecule has 11 heteroatoms. The average Bonchev–Trinajstić information content (AvgIpc) is 3.46. The number of aromatic nitrogens is 4. The molecule has 0 bridgehead atoms. The van der Waals surface area contributed by atoms with Gasteiger partial charge in [0, 0.05) is 6.20 Å². The maximum Gasteiger partial charge on any atom is 0.250 e. The molecule has 3 heterocycles. The van der Waals surface area contributed by atoms with Crippen LogP contribution in [0.3, 0.4) is 0 Å². The number of aryl methyl sites for hydroxylation is 1. The molecule has 2 aromatic carbocycles. The van der Waals surface area contributed by atoms with Crippen LogP contribution in [0.2, 0.25) is 0 Å². The number of rotatable bonds is 6. The Labute approximate surface area is 203 Å². The van der Waals surface area contributed by atoms with Crippen molar-refractivity contribution in [3.8, 4) is 11.5 Å². The predicted molar refractivity (Wildman–Crippen MR) is 128 cm³/mol. The van der Waals surface area contributed by atoms with E-state index in [0.29, 0.717) is 9.17 Å². The standard InChI is InChI=1S/C23H17FN4O3S3/c1-13-3-9-16(10-4-13)34(29,30)20-17(12-25-22-19(20)26-23(32-2)33-22)21-28-27-18(31-21)11-14-5-7-15(24)8-6-14/h3-10,12H,11H2,1-2H3. The fourth-order valence-electron chi connectivity index (χ4n) is 3.40. The number of pyridine rings is 1. The van der Waals surface area contributed by atoms with Gasteiger partial charge in [-0.25, -0.2) is 22.8 Å². The molecule has 34 heavy (non-hydrogen) atoms. The summed E-state index contributed by atoms with van der Waals surface area (Å²) in [4.78, 5) is 9.57. The molecular weight excluding hydrogens is 495 g/mol. The lowest BCUT2D eigenvalue weighted by atomic mass is 10.1. The highest BCUT2D eigenvalue weighted by Gasteiger charge is 2.30. The van der Waals surface area contributed by atoms with E-state index in [1.807, 2.05) is 13.2 Å². The van der Waals surface area contributed by atoms with E-state index < -0.39 is 9.84 Å². The second-order valence-corrected chi connectivity index (χ2v) is 11.4. The van der Waals surface area contributed by atoms with Crippen LogP contribution in [0.15, 0.2) is 73.3 Å². The number of sulfone groups is 1. The summed E-state index contributed by atoms with van der Waals surface area (Å²) in [6, 6.07) is 12.6. The summed E-state index contributed by atoms with van der Waals surface area (Å²) in [5.41, 5.74) is 2.18.